The van der Waals surface area contributed by atoms with Crippen LogP contribution in [0.3, 0.4) is 0 Å². The highest BCUT2D eigenvalue weighted by atomic mass is 15.2. The molecule has 2 aliphatic heterocycles. The van der Waals surface area contributed by atoms with Crippen molar-refractivity contribution in [2.45, 2.75) is 54.9 Å². The average Bonchev–Trinajstić information content (AvgIpc) is 2.54. The van der Waals surface area contributed by atoms with Crippen LogP contribution in [0.2, 0.25) is 0 Å². The molecule has 2 saturated heterocycles. The monoisotopic (exact) mass is 301 g/mol. The largest absolute Gasteiger partial charge is 0.304 e. The van der Waals surface area contributed by atoms with Crippen LogP contribution in [0, 0.1) is 5.92 Å². The molecule has 0 atom stereocenters. The Hall–Kier alpha value is -0.120. The van der Waals surface area contributed by atoms with E-state index >= 15 is 0 Å². The lowest BCUT2D eigenvalue weighted by molar-refractivity contribution is 0.107. The van der Waals surface area contributed by atoms with Crippen molar-refractivity contribution in [1.82, 2.24) is 14.7 Å². The van der Waals surface area contributed by atoms with Crippen LogP contribution in [-0.4, -0.2) is 74.1 Å². The van der Waals surface area contributed by atoms with Crippen LogP contribution in [0.4, 0.5) is 0 Å². The molecule has 0 aromatic carbocycles. The van der Waals surface area contributed by atoms with Crippen molar-refractivity contribution in [3.05, 3.63) is 0 Å². The first-order valence-corrected chi connectivity index (χ1v) is 8.91. The average molecular weight is 302 g/mol. The maximum Gasteiger partial charge on any atom is 0.0110 e. The van der Waals surface area contributed by atoms with Crippen LogP contribution < -0.4 is 0 Å². The third-order valence-corrected chi connectivity index (χ3v) is 4.27. The van der Waals surface area contributed by atoms with Crippen molar-refractivity contribution < 1.29 is 0 Å². The molecular formula is C18H43N3. The second kappa shape index (κ2) is 14.8. The topological polar surface area (TPSA) is 9.72 Å². The van der Waals surface area contributed by atoms with Crippen molar-refractivity contribution in [3.63, 3.8) is 0 Å². The third-order valence-electron chi connectivity index (χ3n) is 4.27. The number of nitrogens with zero attached hydrogens (tertiary/aromatic N) is 3. The Morgan fingerprint density at radius 3 is 1.67 bits per heavy atom. The molecule has 0 saturated carbocycles. The summed E-state index contributed by atoms with van der Waals surface area (Å²) in [5, 5.41) is 0. The molecule has 0 N–H and O–H groups in total. The summed E-state index contributed by atoms with van der Waals surface area (Å²) in [5.41, 5.74) is 0. The van der Waals surface area contributed by atoms with Gasteiger partial charge in [0.2, 0.25) is 0 Å². The van der Waals surface area contributed by atoms with Gasteiger partial charge >= 0.3 is 0 Å². The lowest BCUT2D eigenvalue weighted by Crippen LogP contribution is -2.47. The Balaban J connectivity index is 0. The van der Waals surface area contributed by atoms with Crippen molar-refractivity contribution in [2.24, 2.45) is 5.92 Å². The smallest absolute Gasteiger partial charge is 0.0110 e. The molecule has 0 aliphatic carbocycles. The predicted molar refractivity (Wildman–Crippen MR) is 98.2 cm³/mol. The fraction of sp³-hybridized carbons (Fsp3) is 1.00. The van der Waals surface area contributed by atoms with Gasteiger partial charge in [0.25, 0.3) is 0 Å². The molecular weight excluding hydrogens is 258 g/mol. The number of likely N-dealkylation sites (tertiary alicyclic amines) is 1. The Morgan fingerprint density at radius 2 is 1.24 bits per heavy atom. The molecule has 2 rings (SSSR count). The first kappa shape index (κ1) is 23.2. The lowest BCUT2D eigenvalue weighted by atomic mass is 9.96. The third kappa shape index (κ3) is 9.49. The van der Waals surface area contributed by atoms with E-state index in [2.05, 4.69) is 28.7 Å². The minimum atomic E-state index is 0. The van der Waals surface area contributed by atoms with E-state index in [4.69, 9.17) is 0 Å². The minimum absolute atomic E-state index is 0. The second-order valence-corrected chi connectivity index (χ2v) is 5.48. The number of likely N-dealkylation sites (N-methyl/N-ethyl adjacent to an activating group) is 1. The number of piperidine rings is 1. The maximum absolute atomic E-state index is 2.67. The zero-order chi connectivity index (χ0) is 15.4. The highest BCUT2D eigenvalue weighted by Crippen LogP contribution is 2.18. The first-order valence-electron chi connectivity index (χ1n) is 8.91. The van der Waals surface area contributed by atoms with Gasteiger partial charge in [-0.2, -0.15) is 0 Å². The van der Waals surface area contributed by atoms with Gasteiger partial charge in [0, 0.05) is 32.7 Å². The first-order chi connectivity index (χ1) is 9.78. The van der Waals surface area contributed by atoms with E-state index in [9.17, 15) is 0 Å². The maximum atomic E-state index is 2.67. The van der Waals surface area contributed by atoms with Gasteiger partial charge in [-0.3, -0.25) is 0 Å². The van der Waals surface area contributed by atoms with Gasteiger partial charge in [-0.1, -0.05) is 42.0 Å². The summed E-state index contributed by atoms with van der Waals surface area (Å²) in [6.07, 6.45) is 2.83. The fourth-order valence-electron chi connectivity index (χ4n) is 2.88. The van der Waals surface area contributed by atoms with Crippen molar-refractivity contribution in [1.29, 1.82) is 0 Å². The summed E-state index contributed by atoms with van der Waals surface area (Å²) in [5.74, 6) is 0.964. The Morgan fingerprint density at radius 1 is 0.762 bits per heavy atom. The molecule has 2 heterocycles. The van der Waals surface area contributed by atoms with Crippen LogP contribution in [0.15, 0.2) is 0 Å². The predicted octanol–water partition coefficient (Wildman–Crippen LogP) is 3.65. The van der Waals surface area contributed by atoms with Gasteiger partial charge in [-0.15, -0.1) is 0 Å². The standard InChI is InChI=1S/C13H27N3.2C2H6.CH4/c1-3-15-6-4-13(5-7-15)12-16-10-8-14(2)9-11-16;2*1-2;/h13H,3-12H2,1-2H3;2*1-2H3;1H4. The SMILES string of the molecule is C.CC.CC.CCN1CCC(CN2CCN(C)CC2)CC1. The summed E-state index contributed by atoms with van der Waals surface area (Å²) in [4.78, 5) is 7.70. The van der Waals surface area contributed by atoms with Gasteiger partial charge in [0.05, 0.1) is 0 Å². The fourth-order valence-corrected chi connectivity index (χ4v) is 2.88. The molecule has 21 heavy (non-hydrogen) atoms. The van der Waals surface area contributed by atoms with E-state index in [1.54, 1.807) is 0 Å². The second-order valence-electron chi connectivity index (χ2n) is 5.48. The summed E-state index contributed by atoms with van der Waals surface area (Å²) in [6, 6.07) is 0. The highest BCUT2D eigenvalue weighted by molar-refractivity contribution is 4.77. The molecule has 3 nitrogen and oxygen atoms in total. The van der Waals surface area contributed by atoms with E-state index in [1.807, 2.05) is 27.7 Å². The minimum Gasteiger partial charge on any atom is -0.304 e. The summed E-state index contributed by atoms with van der Waals surface area (Å²) >= 11 is 0. The molecule has 0 spiro atoms. The Labute approximate surface area is 135 Å². The van der Waals surface area contributed by atoms with Gasteiger partial charge in [-0.25, -0.2) is 0 Å². The zero-order valence-electron chi connectivity index (χ0n) is 15.0. The van der Waals surface area contributed by atoms with Gasteiger partial charge in [0.1, 0.15) is 0 Å². The van der Waals surface area contributed by atoms with Crippen molar-refractivity contribution >= 4 is 0 Å². The molecule has 0 unspecified atom stereocenters. The summed E-state index contributed by atoms with van der Waals surface area (Å²) in [6.45, 7) is 20.6. The molecule has 0 radical (unpaired) electrons. The molecule has 2 fully saturated rings. The van der Waals surface area contributed by atoms with E-state index < -0.39 is 0 Å². The van der Waals surface area contributed by atoms with Crippen LogP contribution in [0.5, 0.6) is 0 Å². The number of hydrogen-bond donors (Lipinski definition) is 0. The van der Waals surface area contributed by atoms with Gasteiger partial charge in [0.15, 0.2) is 0 Å². The molecule has 0 bridgehead atoms. The quantitative estimate of drug-likeness (QED) is 0.788. The zero-order valence-corrected chi connectivity index (χ0v) is 15.0. The van der Waals surface area contributed by atoms with Gasteiger partial charge in [-0.05, 0) is 45.4 Å². The Bertz CT molecular complexity index is 193. The van der Waals surface area contributed by atoms with E-state index in [1.165, 1.54) is 65.2 Å². The van der Waals surface area contributed by atoms with Crippen molar-refractivity contribution in [3.8, 4) is 0 Å². The van der Waals surface area contributed by atoms with Crippen LogP contribution >= 0.6 is 0 Å². The highest BCUT2D eigenvalue weighted by Gasteiger charge is 2.22. The lowest BCUT2D eigenvalue weighted by Gasteiger charge is -2.37. The van der Waals surface area contributed by atoms with Crippen LogP contribution in [-0.2, 0) is 0 Å². The summed E-state index contributed by atoms with van der Waals surface area (Å²) in [7, 11) is 2.23. The number of rotatable bonds is 3. The molecule has 2 aliphatic rings. The van der Waals surface area contributed by atoms with Gasteiger partial charge < -0.3 is 14.7 Å². The summed E-state index contributed by atoms with van der Waals surface area (Å²) < 4.78 is 0. The van der Waals surface area contributed by atoms with E-state index in [0.29, 0.717) is 0 Å². The molecule has 130 valence electrons. The number of piperazine rings is 1. The van der Waals surface area contributed by atoms with E-state index in [-0.39, 0.29) is 7.43 Å². The Kier molecular flexibility index (Phi) is 16.3. The molecule has 0 amide bonds. The number of hydrogen-bond acceptors (Lipinski definition) is 3. The van der Waals surface area contributed by atoms with Crippen LogP contribution in [0.25, 0.3) is 0 Å². The molecule has 3 heteroatoms. The normalized spacial score (nSPS) is 21.4. The van der Waals surface area contributed by atoms with Crippen LogP contribution in [0.1, 0.15) is 54.9 Å². The molecule has 0 aromatic heterocycles. The molecule has 0 aromatic rings. The van der Waals surface area contributed by atoms with E-state index in [0.717, 1.165) is 5.92 Å². The van der Waals surface area contributed by atoms with Crippen molar-refractivity contribution in [2.75, 3.05) is 59.4 Å².